The molecule has 1 aliphatic rings. The van der Waals surface area contributed by atoms with E-state index in [-0.39, 0.29) is 35.6 Å². The van der Waals surface area contributed by atoms with Crippen molar-refractivity contribution in [3.8, 4) is 5.69 Å². The van der Waals surface area contributed by atoms with Crippen molar-refractivity contribution >= 4 is 39.4 Å². The van der Waals surface area contributed by atoms with E-state index < -0.39 is 23.5 Å². The zero-order valence-electron chi connectivity index (χ0n) is 18.2. The second-order valence-electron chi connectivity index (χ2n) is 8.07. The number of fused-ring (bicyclic) bond motifs is 3. The molecule has 0 bridgehead atoms. The molecule has 0 spiro atoms. The number of nitrogens with zero attached hydrogens (tertiary/aromatic N) is 5. The highest BCUT2D eigenvalue weighted by molar-refractivity contribution is 6.05. The first kappa shape index (κ1) is 21.0. The maximum absolute atomic E-state index is 13.3. The van der Waals surface area contributed by atoms with E-state index in [4.69, 9.17) is 15.0 Å². The minimum Gasteiger partial charge on any atom is -0.384 e. The number of pyridine rings is 2. The number of morpholine rings is 1. The number of aromatic nitrogens is 5. The fourth-order valence-corrected chi connectivity index (χ4v) is 4.26. The van der Waals surface area contributed by atoms with Crippen molar-refractivity contribution < 1.29 is 19.2 Å². The van der Waals surface area contributed by atoms with Gasteiger partial charge in [0.15, 0.2) is 28.8 Å². The lowest BCUT2D eigenvalue weighted by Crippen LogP contribution is -2.50. The number of carbonyl (C=O) groups is 1. The van der Waals surface area contributed by atoms with Crippen LogP contribution in [0, 0.1) is 0 Å². The molecule has 6 rings (SSSR count). The predicted molar refractivity (Wildman–Crippen MR) is 125 cm³/mol. The SMILES string of the molecule is Nc1noc2c1ccc1[nH]c([C@H](O)[C@H]3OCCN(c4ccn(-c5ccncc5)n4)C3=O)cc(=O)c12. The zero-order chi connectivity index (χ0) is 24.1. The van der Waals surface area contributed by atoms with Crippen molar-refractivity contribution in [2.75, 3.05) is 23.8 Å². The molecule has 1 amide bonds. The highest BCUT2D eigenvalue weighted by atomic mass is 16.5. The molecule has 176 valence electrons. The molecule has 35 heavy (non-hydrogen) atoms. The normalized spacial score (nSPS) is 17.3. The molecule has 12 nitrogen and oxygen atoms in total. The lowest BCUT2D eigenvalue weighted by molar-refractivity contribution is -0.143. The van der Waals surface area contributed by atoms with Crippen LogP contribution in [0.4, 0.5) is 11.6 Å². The molecule has 5 heterocycles. The number of ether oxygens (including phenoxy) is 1. The summed E-state index contributed by atoms with van der Waals surface area (Å²) in [5.41, 5.74) is 6.96. The number of H-pyrrole nitrogens is 1. The second-order valence-corrected chi connectivity index (χ2v) is 8.07. The van der Waals surface area contributed by atoms with Crippen LogP contribution in [0.25, 0.3) is 27.6 Å². The molecule has 0 radical (unpaired) electrons. The van der Waals surface area contributed by atoms with Crippen LogP contribution in [0.2, 0.25) is 0 Å². The molecule has 1 aromatic carbocycles. The molecule has 2 atom stereocenters. The van der Waals surface area contributed by atoms with Crippen molar-refractivity contribution in [1.29, 1.82) is 0 Å². The largest absolute Gasteiger partial charge is 0.384 e. The van der Waals surface area contributed by atoms with Crippen LogP contribution in [0.5, 0.6) is 0 Å². The number of nitrogen functional groups attached to an aromatic ring is 1. The van der Waals surface area contributed by atoms with Crippen molar-refractivity contribution in [2.45, 2.75) is 12.2 Å². The summed E-state index contributed by atoms with van der Waals surface area (Å²) in [5.74, 6) is 0.130. The van der Waals surface area contributed by atoms with Gasteiger partial charge in [-0.15, -0.1) is 5.10 Å². The van der Waals surface area contributed by atoms with E-state index in [1.54, 1.807) is 53.6 Å². The molecule has 5 aromatic rings. The number of rotatable bonds is 4. The number of benzene rings is 1. The molecular weight excluding hydrogens is 454 g/mol. The van der Waals surface area contributed by atoms with Gasteiger partial charge in [0, 0.05) is 30.7 Å². The fraction of sp³-hybridized carbons (Fsp3) is 0.174. The molecule has 4 N–H and O–H groups in total. The van der Waals surface area contributed by atoms with E-state index in [0.29, 0.717) is 16.7 Å². The van der Waals surface area contributed by atoms with E-state index in [1.165, 1.54) is 11.0 Å². The van der Waals surface area contributed by atoms with E-state index >= 15 is 0 Å². The van der Waals surface area contributed by atoms with Crippen LogP contribution < -0.4 is 16.1 Å². The molecule has 0 aliphatic carbocycles. The third-order valence-electron chi connectivity index (χ3n) is 5.99. The number of nitrogens with one attached hydrogen (secondary N) is 1. The van der Waals surface area contributed by atoms with Gasteiger partial charge in [-0.3, -0.25) is 19.5 Å². The van der Waals surface area contributed by atoms with Crippen molar-refractivity contribution in [1.82, 2.24) is 24.9 Å². The number of nitrogens with two attached hydrogens (primary N) is 1. The van der Waals surface area contributed by atoms with Gasteiger partial charge in [-0.1, -0.05) is 5.16 Å². The van der Waals surface area contributed by atoms with Crippen molar-refractivity contribution in [2.24, 2.45) is 0 Å². The smallest absolute Gasteiger partial charge is 0.260 e. The molecule has 0 unspecified atom stereocenters. The van der Waals surface area contributed by atoms with Gasteiger partial charge in [0.2, 0.25) is 0 Å². The van der Waals surface area contributed by atoms with Gasteiger partial charge in [-0.05, 0) is 24.3 Å². The first-order valence-corrected chi connectivity index (χ1v) is 10.8. The Bertz CT molecular complexity index is 1620. The minimum atomic E-state index is -1.42. The van der Waals surface area contributed by atoms with E-state index in [2.05, 4.69) is 20.2 Å². The summed E-state index contributed by atoms with van der Waals surface area (Å²) >= 11 is 0. The van der Waals surface area contributed by atoms with Gasteiger partial charge < -0.3 is 25.1 Å². The maximum atomic E-state index is 13.3. The Morgan fingerprint density at radius 3 is 2.83 bits per heavy atom. The average Bonchev–Trinajstić information content (AvgIpc) is 3.51. The lowest BCUT2D eigenvalue weighted by atomic mass is 10.0. The lowest BCUT2D eigenvalue weighted by Gasteiger charge is -2.33. The van der Waals surface area contributed by atoms with Gasteiger partial charge in [-0.2, -0.15) is 0 Å². The molecule has 4 aromatic heterocycles. The Labute approximate surface area is 196 Å². The zero-order valence-corrected chi connectivity index (χ0v) is 18.2. The van der Waals surface area contributed by atoms with Crippen LogP contribution in [0.3, 0.4) is 0 Å². The Balaban J connectivity index is 1.31. The molecule has 1 fully saturated rings. The van der Waals surface area contributed by atoms with Crippen LogP contribution in [-0.4, -0.2) is 55.2 Å². The summed E-state index contributed by atoms with van der Waals surface area (Å²) in [6.45, 7) is 0.458. The van der Waals surface area contributed by atoms with Gasteiger partial charge in [-0.25, -0.2) is 4.68 Å². The van der Waals surface area contributed by atoms with E-state index in [1.807, 2.05) is 0 Å². The van der Waals surface area contributed by atoms with Crippen molar-refractivity contribution in [3.63, 3.8) is 0 Å². The quantitative estimate of drug-likeness (QED) is 0.349. The summed E-state index contributed by atoms with van der Waals surface area (Å²) < 4.78 is 12.5. The number of hydrogen-bond donors (Lipinski definition) is 3. The third kappa shape index (κ3) is 3.43. The number of anilines is 2. The van der Waals surface area contributed by atoms with Crippen molar-refractivity contribution in [3.05, 3.63) is 70.9 Å². The fourth-order valence-electron chi connectivity index (χ4n) is 4.26. The molecule has 12 heteroatoms. The van der Waals surface area contributed by atoms with E-state index in [0.717, 1.165) is 5.69 Å². The Morgan fingerprint density at radius 2 is 2.00 bits per heavy atom. The maximum Gasteiger partial charge on any atom is 0.260 e. The highest BCUT2D eigenvalue weighted by Gasteiger charge is 2.38. The number of aliphatic hydroxyl groups excluding tert-OH is 1. The van der Waals surface area contributed by atoms with Gasteiger partial charge in [0.05, 0.1) is 40.8 Å². The molecule has 0 saturated carbocycles. The van der Waals surface area contributed by atoms with Crippen LogP contribution in [0.15, 0.2) is 64.3 Å². The highest BCUT2D eigenvalue weighted by Crippen LogP contribution is 2.29. The monoisotopic (exact) mass is 473 g/mol. The average molecular weight is 473 g/mol. The molecule has 1 aliphatic heterocycles. The predicted octanol–water partition coefficient (Wildman–Crippen LogP) is 1.30. The van der Waals surface area contributed by atoms with Gasteiger partial charge in [0.1, 0.15) is 6.10 Å². The summed E-state index contributed by atoms with van der Waals surface area (Å²) in [7, 11) is 0. The summed E-state index contributed by atoms with van der Waals surface area (Å²) in [6, 6.07) is 9.82. The van der Waals surface area contributed by atoms with Crippen LogP contribution in [-0.2, 0) is 9.53 Å². The summed E-state index contributed by atoms with van der Waals surface area (Å²) in [6.07, 6.45) is 2.38. The first-order chi connectivity index (χ1) is 17.0. The number of amides is 1. The minimum absolute atomic E-state index is 0.136. The second kappa shape index (κ2) is 8.04. The number of carbonyl (C=O) groups excluding carboxylic acids is 1. The Kier molecular flexibility index (Phi) is 4.83. The Hall–Kier alpha value is -4.55. The number of hydrogen-bond acceptors (Lipinski definition) is 9. The first-order valence-electron chi connectivity index (χ1n) is 10.8. The Morgan fingerprint density at radius 1 is 1.17 bits per heavy atom. The molecular formula is C23H19N7O5. The van der Waals surface area contributed by atoms with Crippen LogP contribution in [0.1, 0.15) is 11.8 Å². The van der Waals surface area contributed by atoms with Gasteiger partial charge in [0.25, 0.3) is 5.91 Å². The van der Waals surface area contributed by atoms with Gasteiger partial charge >= 0.3 is 0 Å². The third-order valence-corrected chi connectivity index (χ3v) is 5.99. The topological polar surface area (TPSA) is 165 Å². The summed E-state index contributed by atoms with van der Waals surface area (Å²) in [5, 5.41) is 20.0. The number of aliphatic hydroxyl groups is 1. The molecule has 1 saturated heterocycles. The summed E-state index contributed by atoms with van der Waals surface area (Å²) in [4.78, 5) is 34.6. The van der Waals surface area contributed by atoms with E-state index in [9.17, 15) is 14.7 Å². The van der Waals surface area contributed by atoms with Crippen LogP contribution >= 0.6 is 0 Å². The number of aromatic amines is 1. The standard InChI is InChI=1S/C23H19N7O5/c24-22-13-1-2-14-18(20(13)35-28-22)16(31)11-15(26-14)19(32)21-23(33)29(9-10-34-21)17-5-8-30(27-17)12-3-6-25-7-4-12/h1-8,11,19,21,32H,9-10H2,(H2,24,28)(H,26,31)/t19-,21+/m0/s1.